The van der Waals surface area contributed by atoms with E-state index >= 15 is 0 Å². The lowest BCUT2D eigenvalue weighted by molar-refractivity contribution is 0.0696. The van der Waals surface area contributed by atoms with Crippen LogP contribution in [0, 0.1) is 0 Å². The van der Waals surface area contributed by atoms with Crippen LogP contribution in [0.4, 0.5) is 0 Å². The summed E-state index contributed by atoms with van der Waals surface area (Å²) in [6.45, 7) is 3.51. The number of carboxylic acid groups (broad SMARTS) is 1. The molecule has 0 aliphatic heterocycles. The van der Waals surface area contributed by atoms with Gasteiger partial charge in [0.15, 0.2) is 0 Å². The Kier molecular flexibility index (Phi) is 8.06. The van der Waals surface area contributed by atoms with Gasteiger partial charge >= 0.3 is 5.97 Å². The number of carbonyl (C=O) groups is 1. The van der Waals surface area contributed by atoms with Crippen molar-refractivity contribution < 1.29 is 19.7 Å². The molecule has 0 heterocycles. The molecule has 0 spiro atoms. The maximum atomic E-state index is 11.2. The Morgan fingerprint density at radius 3 is 2.55 bits per heavy atom. The van der Waals surface area contributed by atoms with Crippen molar-refractivity contribution in [1.29, 1.82) is 0 Å². The maximum Gasteiger partial charge on any atom is 0.335 e. The molecule has 0 fully saturated rings. The van der Waals surface area contributed by atoms with Crippen molar-refractivity contribution in [2.75, 3.05) is 19.7 Å². The van der Waals surface area contributed by atoms with E-state index in [9.17, 15) is 15.0 Å². The van der Waals surface area contributed by atoms with Gasteiger partial charge in [-0.15, -0.1) is 0 Å². The van der Waals surface area contributed by atoms with Crippen molar-refractivity contribution in [3.8, 4) is 16.9 Å². The summed E-state index contributed by atoms with van der Waals surface area (Å²) in [6, 6.07) is 20.3. The molecule has 0 unspecified atom stereocenters. The number of hydrogen-bond donors (Lipinski definition) is 3. The second-order valence-corrected chi connectivity index (χ2v) is 7.61. The first kappa shape index (κ1) is 22.8. The van der Waals surface area contributed by atoms with Crippen LogP contribution in [0.25, 0.3) is 11.1 Å². The van der Waals surface area contributed by atoms with E-state index in [1.807, 2.05) is 43.3 Å². The lowest BCUT2D eigenvalue weighted by Crippen LogP contribution is -2.23. The van der Waals surface area contributed by atoms with Gasteiger partial charge in [-0.3, -0.25) is 0 Å². The molecule has 3 aromatic carbocycles. The summed E-state index contributed by atoms with van der Waals surface area (Å²) >= 11 is 5.97. The largest absolute Gasteiger partial charge is 0.493 e. The van der Waals surface area contributed by atoms with E-state index in [4.69, 9.17) is 16.3 Å². The van der Waals surface area contributed by atoms with Gasteiger partial charge < -0.3 is 20.3 Å². The Labute approximate surface area is 187 Å². The maximum absolute atomic E-state index is 11.2. The monoisotopic (exact) mass is 439 g/mol. The molecule has 0 saturated heterocycles. The summed E-state index contributed by atoms with van der Waals surface area (Å²) in [4.78, 5) is 11.2. The van der Waals surface area contributed by atoms with Crippen molar-refractivity contribution >= 4 is 17.6 Å². The van der Waals surface area contributed by atoms with Crippen LogP contribution >= 0.6 is 11.6 Å². The highest BCUT2D eigenvalue weighted by molar-refractivity contribution is 6.30. The van der Waals surface area contributed by atoms with Gasteiger partial charge in [-0.25, -0.2) is 4.79 Å². The third-order valence-electron chi connectivity index (χ3n) is 4.95. The smallest absolute Gasteiger partial charge is 0.335 e. The fraction of sp³-hybridized carbons (Fsp3) is 0.240. The summed E-state index contributed by atoms with van der Waals surface area (Å²) < 4.78 is 5.65. The number of ether oxygens (including phenoxy) is 1. The van der Waals surface area contributed by atoms with Gasteiger partial charge in [0.2, 0.25) is 0 Å². The molecule has 162 valence electrons. The van der Waals surface area contributed by atoms with Gasteiger partial charge in [-0.1, -0.05) is 48.0 Å². The van der Waals surface area contributed by atoms with E-state index in [1.54, 1.807) is 30.3 Å². The third kappa shape index (κ3) is 6.31. The van der Waals surface area contributed by atoms with Crippen LogP contribution in [0.2, 0.25) is 5.02 Å². The molecular formula is C25H26ClNO4. The van der Waals surface area contributed by atoms with Crippen molar-refractivity contribution in [3.63, 3.8) is 0 Å². The first-order chi connectivity index (χ1) is 15.0. The number of benzene rings is 3. The molecule has 0 aliphatic rings. The standard InChI is InChI=1S/C25H26ClNO4/c1-2-31-24-15-20(25(29)30)10-11-22(24)18-8-6-17(7-9-18)12-13-27-16-23(28)19-4-3-5-21(26)14-19/h3-11,14-15,23,27-28H,2,12-13,16H2,1H3,(H,29,30)/t23-/m1/s1. The van der Waals surface area contributed by atoms with Gasteiger partial charge in [0.1, 0.15) is 5.75 Å². The van der Waals surface area contributed by atoms with Crippen LogP contribution in [-0.2, 0) is 6.42 Å². The highest BCUT2D eigenvalue weighted by atomic mass is 35.5. The Morgan fingerprint density at radius 2 is 1.87 bits per heavy atom. The predicted molar refractivity (Wildman–Crippen MR) is 123 cm³/mol. The molecule has 31 heavy (non-hydrogen) atoms. The molecule has 3 aromatic rings. The second kappa shape index (κ2) is 11.0. The van der Waals surface area contributed by atoms with E-state index in [2.05, 4.69) is 5.32 Å². The topological polar surface area (TPSA) is 78.8 Å². The van der Waals surface area contributed by atoms with Crippen LogP contribution in [0.15, 0.2) is 66.7 Å². The zero-order valence-electron chi connectivity index (χ0n) is 17.3. The van der Waals surface area contributed by atoms with Crippen LogP contribution in [-0.4, -0.2) is 35.9 Å². The first-order valence-electron chi connectivity index (χ1n) is 10.2. The van der Waals surface area contributed by atoms with Crippen molar-refractivity contribution in [2.24, 2.45) is 0 Å². The summed E-state index contributed by atoms with van der Waals surface area (Å²) in [5.41, 5.74) is 3.99. The predicted octanol–water partition coefficient (Wildman–Crippen LogP) is 4.97. The molecule has 1 atom stereocenters. The van der Waals surface area contributed by atoms with Crippen LogP contribution in [0.5, 0.6) is 5.75 Å². The molecule has 0 radical (unpaired) electrons. The second-order valence-electron chi connectivity index (χ2n) is 7.17. The molecule has 0 aliphatic carbocycles. The number of aliphatic hydroxyl groups excluding tert-OH is 1. The number of aromatic carboxylic acids is 1. The lowest BCUT2D eigenvalue weighted by atomic mass is 10.0. The summed E-state index contributed by atoms with van der Waals surface area (Å²) in [7, 11) is 0. The molecule has 0 amide bonds. The van der Waals surface area contributed by atoms with Crippen LogP contribution < -0.4 is 10.1 Å². The van der Waals surface area contributed by atoms with Gasteiger partial charge in [0.25, 0.3) is 0 Å². The molecule has 0 bridgehead atoms. The first-order valence-corrected chi connectivity index (χ1v) is 10.6. The van der Waals surface area contributed by atoms with E-state index in [-0.39, 0.29) is 5.56 Å². The number of aliphatic hydroxyl groups is 1. The average Bonchev–Trinajstić information content (AvgIpc) is 2.77. The van der Waals surface area contributed by atoms with E-state index < -0.39 is 12.1 Å². The van der Waals surface area contributed by atoms with Crippen molar-refractivity contribution in [2.45, 2.75) is 19.4 Å². The van der Waals surface area contributed by atoms with Crippen molar-refractivity contribution in [1.82, 2.24) is 5.32 Å². The molecule has 0 saturated carbocycles. The van der Waals surface area contributed by atoms with E-state index in [1.165, 1.54) is 0 Å². The Bertz CT molecular complexity index is 1020. The summed E-state index contributed by atoms with van der Waals surface area (Å²) in [6.07, 6.45) is 0.213. The Balaban J connectivity index is 1.57. The van der Waals surface area contributed by atoms with E-state index in [0.29, 0.717) is 23.9 Å². The quantitative estimate of drug-likeness (QED) is 0.389. The molecule has 5 nitrogen and oxygen atoms in total. The van der Waals surface area contributed by atoms with Gasteiger partial charge in [0, 0.05) is 17.1 Å². The third-order valence-corrected chi connectivity index (χ3v) is 5.19. The fourth-order valence-electron chi connectivity index (χ4n) is 3.32. The number of nitrogens with one attached hydrogen (secondary N) is 1. The minimum atomic E-state index is -0.976. The number of rotatable bonds is 10. The zero-order valence-corrected chi connectivity index (χ0v) is 18.1. The van der Waals surface area contributed by atoms with Gasteiger partial charge in [0.05, 0.1) is 18.3 Å². The molecular weight excluding hydrogens is 414 g/mol. The summed E-state index contributed by atoms with van der Waals surface area (Å²) in [5, 5.41) is 23.3. The average molecular weight is 440 g/mol. The van der Waals surface area contributed by atoms with Gasteiger partial charge in [-0.05, 0) is 66.9 Å². The minimum absolute atomic E-state index is 0.204. The number of hydrogen-bond acceptors (Lipinski definition) is 4. The van der Waals surface area contributed by atoms with Crippen molar-refractivity contribution in [3.05, 3.63) is 88.4 Å². The number of halogens is 1. The fourth-order valence-corrected chi connectivity index (χ4v) is 3.52. The molecule has 6 heteroatoms. The Morgan fingerprint density at radius 1 is 1.10 bits per heavy atom. The summed E-state index contributed by atoms with van der Waals surface area (Å²) in [5.74, 6) is -0.414. The normalized spacial score (nSPS) is 11.8. The van der Waals surface area contributed by atoms with Gasteiger partial charge in [-0.2, -0.15) is 0 Å². The highest BCUT2D eigenvalue weighted by Crippen LogP contribution is 2.31. The molecule has 3 rings (SSSR count). The Hall–Kier alpha value is -2.86. The minimum Gasteiger partial charge on any atom is -0.493 e. The number of carboxylic acids is 1. The van der Waals surface area contributed by atoms with Crippen LogP contribution in [0.3, 0.4) is 0 Å². The van der Waals surface area contributed by atoms with E-state index in [0.717, 1.165) is 35.2 Å². The lowest BCUT2D eigenvalue weighted by Gasteiger charge is -2.13. The molecule has 3 N–H and O–H groups in total. The SMILES string of the molecule is CCOc1cc(C(=O)O)ccc1-c1ccc(CCNC[C@@H](O)c2cccc(Cl)c2)cc1. The molecule has 0 aromatic heterocycles. The zero-order chi connectivity index (χ0) is 22.2. The highest BCUT2D eigenvalue weighted by Gasteiger charge is 2.11. The van der Waals surface area contributed by atoms with Crippen LogP contribution in [0.1, 0.15) is 34.5 Å².